The number of carbonyl (C=O) groups excluding carboxylic acids is 1. The van der Waals surface area contributed by atoms with Crippen molar-refractivity contribution < 1.29 is 17.9 Å². The van der Waals surface area contributed by atoms with Gasteiger partial charge >= 0.3 is 6.03 Å². The van der Waals surface area contributed by atoms with Crippen LogP contribution >= 0.6 is 11.3 Å². The number of carbonyl (C=O) groups is 1. The molecule has 1 saturated heterocycles. The first kappa shape index (κ1) is 17.2. The maximum Gasteiger partial charge on any atom is 0.315 e. The zero-order chi connectivity index (χ0) is 16.2. The van der Waals surface area contributed by atoms with E-state index >= 15 is 0 Å². The Kier molecular flexibility index (Phi) is 5.79. The third-order valence-electron chi connectivity index (χ3n) is 3.48. The Morgan fingerprint density at radius 3 is 2.91 bits per heavy atom. The van der Waals surface area contributed by atoms with Crippen molar-refractivity contribution in [3.05, 3.63) is 17.0 Å². The van der Waals surface area contributed by atoms with Crippen LogP contribution in [0.25, 0.3) is 0 Å². The number of urea groups is 1. The minimum atomic E-state index is -3.42. The number of hydrogen-bond acceptors (Lipinski definition) is 5. The highest BCUT2D eigenvalue weighted by Crippen LogP contribution is 2.21. The number of rotatable bonds is 6. The van der Waals surface area contributed by atoms with Crippen molar-refractivity contribution >= 4 is 27.4 Å². The smallest absolute Gasteiger partial charge is 0.315 e. The lowest BCUT2D eigenvalue weighted by Crippen LogP contribution is -2.45. The molecule has 2 atom stereocenters. The van der Waals surface area contributed by atoms with Crippen LogP contribution in [0.3, 0.4) is 0 Å². The maximum absolute atomic E-state index is 11.8. The molecule has 1 aromatic heterocycles. The van der Waals surface area contributed by atoms with Crippen LogP contribution in [0.15, 0.2) is 16.3 Å². The van der Waals surface area contributed by atoms with Gasteiger partial charge in [0, 0.05) is 11.5 Å². The van der Waals surface area contributed by atoms with E-state index in [2.05, 4.69) is 15.4 Å². The molecular weight excluding hydrogens is 326 g/mol. The predicted octanol–water partition coefficient (Wildman–Crippen LogP) is 1.02. The third kappa shape index (κ3) is 4.42. The van der Waals surface area contributed by atoms with E-state index in [-0.39, 0.29) is 28.9 Å². The molecular formula is C13H21N3O4S2. The van der Waals surface area contributed by atoms with Crippen molar-refractivity contribution in [2.24, 2.45) is 0 Å². The fraction of sp³-hybridized carbons (Fsp3) is 0.615. The predicted molar refractivity (Wildman–Crippen MR) is 84.4 cm³/mol. The Hall–Kier alpha value is -1.16. The molecule has 3 N–H and O–H groups in total. The average Bonchev–Trinajstić information content (AvgIpc) is 3.16. The molecule has 9 heteroatoms. The number of thiophene rings is 1. The molecule has 1 aliphatic heterocycles. The number of amides is 2. The second-order valence-electron chi connectivity index (χ2n) is 5.10. The van der Waals surface area contributed by atoms with Crippen LogP contribution in [-0.4, -0.2) is 40.2 Å². The van der Waals surface area contributed by atoms with Crippen LogP contribution in [0, 0.1) is 0 Å². The Morgan fingerprint density at radius 1 is 1.50 bits per heavy atom. The van der Waals surface area contributed by atoms with Crippen LogP contribution < -0.4 is 15.4 Å². The van der Waals surface area contributed by atoms with E-state index in [0.29, 0.717) is 0 Å². The summed E-state index contributed by atoms with van der Waals surface area (Å²) < 4.78 is 31.3. The molecule has 0 bridgehead atoms. The fourth-order valence-electron chi connectivity index (χ4n) is 2.21. The summed E-state index contributed by atoms with van der Waals surface area (Å²) in [6, 6.07) is 2.89. The van der Waals surface area contributed by atoms with Gasteiger partial charge in [0.05, 0.1) is 18.7 Å². The van der Waals surface area contributed by atoms with Crippen molar-refractivity contribution in [1.29, 1.82) is 0 Å². The number of sulfonamides is 1. The van der Waals surface area contributed by atoms with Crippen molar-refractivity contribution in [3.63, 3.8) is 0 Å². The van der Waals surface area contributed by atoms with E-state index in [1.807, 2.05) is 6.92 Å². The van der Waals surface area contributed by atoms with Crippen molar-refractivity contribution in [1.82, 2.24) is 15.4 Å². The Morgan fingerprint density at radius 2 is 2.27 bits per heavy atom. The van der Waals surface area contributed by atoms with E-state index in [1.54, 1.807) is 6.07 Å². The number of ether oxygens (including phenoxy) is 1. The number of hydrogen-bond donors (Lipinski definition) is 3. The largest absolute Gasteiger partial charge is 0.376 e. The van der Waals surface area contributed by atoms with Gasteiger partial charge in [0.1, 0.15) is 4.21 Å². The highest BCUT2D eigenvalue weighted by molar-refractivity contribution is 7.91. The summed E-state index contributed by atoms with van der Waals surface area (Å²) >= 11 is 1.13. The van der Waals surface area contributed by atoms with Crippen molar-refractivity contribution in [2.75, 3.05) is 13.7 Å². The first-order valence-electron chi connectivity index (χ1n) is 7.10. The topological polar surface area (TPSA) is 96.5 Å². The van der Waals surface area contributed by atoms with Crippen molar-refractivity contribution in [3.8, 4) is 0 Å². The second-order valence-corrected chi connectivity index (χ2v) is 8.38. The highest BCUT2D eigenvalue weighted by Gasteiger charge is 2.23. The molecule has 0 aliphatic carbocycles. The summed E-state index contributed by atoms with van der Waals surface area (Å²) in [5.41, 5.74) is 0. The molecule has 1 aromatic rings. The van der Waals surface area contributed by atoms with E-state index in [9.17, 15) is 13.2 Å². The second kappa shape index (κ2) is 7.40. The van der Waals surface area contributed by atoms with E-state index in [4.69, 9.17) is 4.74 Å². The Labute approximate surface area is 134 Å². The van der Waals surface area contributed by atoms with E-state index in [0.717, 1.165) is 35.7 Å². The SMILES string of the molecule is CNS(=O)(=O)c1ccc(CNC(=O)NC(C)C2CCCO2)s1. The van der Waals surface area contributed by atoms with E-state index in [1.165, 1.54) is 13.1 Å². The zero-order valence-electron chi connectivity index (χ0n) is 12.6. The summed E-state index contributed by atoms with van der Waals surface area (Å²) in [5.74, 6) is 0. The maximum atomic E-state index is 11.8. The third-order valence-corrected chi connectivity index (χ3v) is 6.47. The van der Waals surface area contributed by atoms with Gasteiger partial charge in [0.15, 0.2) is 0 Å². The lowest BCUT2D eigenvalue weighted by Gasteiger charge is -2.20. The molecule has 2 heterocycles. The van der Waals surface area contributed by atoms with Crippen molar-refractivity contribution in [2.45, 2.75) is 42.7 Å². The molecule has 0 spiro atoms. The Bertz CT molecular complexity index is 609. The summed E-state index contributed by atoms with van der Waals surface area (Å²) in [7, 11) is -2.05. The van der Waals surface area contributed by atoms with Crippen LogP contribution in [-0.2, 0) is 21.3 Å². The fourth-order valence-corrected chi connectivity index (χ4v) is 4.35. The van der Waals surface area contributed by atoms with Crippen LogP contribution in [0.4, 0.5) is 4.79 Å². The molecule has 1 fully saturated rings. The minimum Gasteiger partial charge on any atom is -0.376 e. The van der Waals surface area contributed by atoms with Gasteiger partial charge in [-0.05, 0) is 38.9 Å². The van der Waals surface area contributed by atoms with E-state index < -0.39 is 10.0 Å². The van der Waals surface area contributed by atoms with Gasteiger partial charge in [0.2, 0.25) is 10.0 Å². The molecule has 0 radical (unpaired) electrons. The summed E-state index contributed by atoms with van der Waals surface area (Å²) in [6.45, 7) is 2.95. The number of nitrogens with one attached hydrogen (secondary N) is 3. The van der Waals surface area contributed by atoms with Gasteiger partial charge in [-0.25, -0.2) is 17.9 Å². The molecule has 0 saturated carbocycles. The molecule has 1 aliphatic rings. The first-order chi connectivity index (χ1) is 10.4. The monoisotopic (exact) mass is 347 g/mol. The van der Waals surface area contributed by atoms with Gasteiger partial charge in [-0.2, -0.15) is 0 Å². The standard InChI is InChI=1S/C13H21N3O4S2/c1-9(11-4-3-7-20-11)16-13(17)15-8-10-5-6-12(21-10)22(18,19)14-2/h5-6,9,11,14H,3-4,7-8H2,1-2H3,(H2,15,16,17). The molecule has 2 rings (SSSR count). The quantitative estimate of drug-likeness (QED) is 0.716. The molecule has 2 unspecified atom stereocenters. The molecule has 0 aromatic carbocycles. The Balaban J connectivity index is 1.81. The highest BCUT2D eigenvalue weighted by atomic mass is 32.2. The van der Waals surface area contributed by atoms with Gasteiger partial charge in [-0.1, -0.05) is 0 Å². The molecule has 124 valence electrons. The van der Waals surface area contributed by atoms with Gasteiger partial charge in [-0.3, -0.25) is 0 Å². The molecule has 22 heavy (non-hydrogen) atoms. The lowest BCUT2D eigenvalue weighted by molar-refractivity contribution is 0.0860. The molecule has 2 amide bonds. The average molecular weight is 347 g/mol. The first-order valence-corrected chi connectivity index (χ1v) is 9.40. The van der Waals surface area contributed by atoms with Gasteiger partial charge in [0.25, 0.3) is 0 Å². The summed E-state index contributed by atoms with van der Waals surface area (Å²) in [6.07, 6.45) is 2.05. The van der Waals surface area contributed by atoms with Gasteiger partial charge < -0.3 is 15.4 Å². The molecule has 7 nitrogen and oxygen atoms in total. The normalized spacial score (nSPS) is 19.8. The van der Waals surface area contributed by atoms with Crippen LogP contribution in [0.5, 0.6) is 0 Å². The lowest BCUT2D eigenvalue weighted by atomic mass is 10.1. The van der Waals surface area contributed by atoms with Gasteiger partial charge in [-0.15, -0.1) is 11.3 Å². The summed E-state index contributed by atoms with van der Waals surface area (Å²) in [5, 5.41) is 5.56. The minimum absolute atomic E-state index is 0.0499. The summed E-state index contributed by atoms with van der Waals surface area (Å²) in [4.78, 5) is 12.6. The zero-order valence-corrected chi connectivity index (χ0v) is 14.2. The van der Waals surface area contributed by atoms with Crippen LogP contribution in [0.2, 0.25) is 0 Å². The van der Waals surface area contributed by atoms with Crippen LogP contribution in [0.1, 0.15) is 24.6 Å².